The molecule has 0 aliphatic carbocycles. The fourth-order valence-corrected chi connectivity index (χ4v) is 6.70. The van der Waals surface area contributed by atoms with Gasteiger partial charge in [-0.05, 0) is 59.3 Å². The monoisotopic (exact) mass is 535 g/mol. The van der Waals surface area contributed by atoms with Crippen LogP contribution in [0.1, 0.15) is 0 Å². The molecule has 0 fully saturated rings. The molecule has 3 heteroatoms. The van der Waals surface area contributed by atoms with Crippen molar-refractivity contribution >= 4 is 54.4 Å². The quantitative estimate of drug-likeness (QED) is 0.221. The van der Waals surface area contributed by atoms with E-state index in [1.165, 1.54) is 48.9 Å². The first-order valence-corrected chi connectivity index (χ1v) is 14.3. The van der Waals surface area contributed by atoms with Crippen LogP contribution < -0.4 is 0 Å². The van der Waals surface area contributed by atoms with Gasteiger partial charge in [0.05, 0.1) is 27.8 Å². The molecule has 3 aromatic heterocycles. The number of nitrogens with zero attached hydrogens (tertiary/aromatic N) is 3. The van der Waals surface area contributed by atoms with Crippen molar-refractivity contribution < 1.29 is 0 Å². The molecule has 3 heterocycles. The lowest BCUT2D eigenvalue weighted by molar-refractivity contribution is 1.17. The smallest absolute Gasteiger partial charge is 0.0802 e. The van der Waals surface area contributed by atoms with Gasteiger partial charge < -0.3 is 9.13 Å². The molecule has 196 valence electrons. The molecule has 0 N–H and O–H groups in total. The summed E-state index contributed by atoms with van der Waals surface area (Å²) in [5.41, 5.74) is 9.12. The molecule has 0 atom stereocenters. The topological polar surface area (TPSA) is 22.8 Å². The number of para-hydroxylation sites is 3. The van der Waals surface area contributed by atoms with Crippen molar-refractivity contribution in [2.75, 3.05) is 0 Å². The third kappa shape index (κ3) is 3.31. The number of pyridine rings is 1. The first-order valence-electron chi connectivity index (χ1n) is 14.3. The highest BCUT2D eigenvalue weighted by atomic mass is 15.0. The second-order valence-electron chi connectivity index (χ2n) is 10.9. The molecule has 0 radical (unpaired) electrons. The van der Waals surface area contributed by atoms with Crippen LogP contribution in [0, 0.1) is 0 Å². The minimum atomic E-state index is 0.996. The summed E-state index contributed by atoms with van der Waals surface area (Å²) >= 11 is 0. The van der Waals surface area contributed by atoms with E-state index >= 15 is 0 Å². The van der Waals surface area contributed by atoms with Crippen LogP contribution in [-0.2, 0) is 0 Å². The van der Waals surface area contributed by atoms with Crippen molar-refractivity contribution in [1.82, 2.24) is 14.1 Å². The van der Waals surface area contributed by atoms with Gasteiger partial charge in [0, 0.05) is 44.7 Å². The highest BCUT2D eigenvalue weighted by Gasteiger charge is 2.19. The maximum atomic E-state index is 5.02. The molecule has 0 amide bonds. The van der Waals surface area contributed by atoms with E-state index in [4.69, 9.17) is 4.98 Å². The highest BCUT2D eigenvalue weighted by Crippen LogP contribution is 2.40. The van der Waals surface area contributed by atoms with Gasteiger partial charge in [-0.3, -0.25) is 4.98 Å². The van der Waals surface area contributed by atoms with E-state index in [9.17, 15) is 0 Å². The van der Waals surface area contributed by atoms with E-state index in [0.29, 0.717) is 0 Å². The molecular formula is C39H25N3. The van der Waals surface area contributed by atoms with Crippen molar-refractivity contribution in [3.05, 3.63) is 152 Å². The predicted octanol–water partition coefficient (Wildman–Crippen LogP) is 10.1. The number of hydrogen-bond donors (Lipinski definition) is 0. The number of fused-ring (bicyclic) bond motifs is 7. The molecule has 0 saturated heterocycles. The van der Waals surface area contributed by atoms with Crippen LogP contribution in [0.4, 0.5) is 0 Å². The first kappa shape index (κ1) is 23.1. The van der Waals surface area contributed by atoms with Crippen molar-refractivity contribution in [2.45, 2.75) is 0 Å². The molecule has 0 aliphatic rings. The fraction of sp³-hybridized carbons (Fsp3) is 0. The summed E-state index contributed by atoms with van der Waals surface area (Å²) in [6, 6.07) is 52.2. The third-order valence-electron chi connectivity index (χ3n) is 8.54. The van der Waals surface area contributed by atoms with Gasteiger partial charge in [-0.2, -0.15) is 0 Å². The molecule has 0 unspecified atom stereocenters. The maximum Gasteiger partial charge on any atom is 0.0802 e. The summed E-state index contributed by atoms with van der Waals surface area (Å²) in [6.07, 6.45) is 1.94. The number of rotatable bonds is 3. The lowest BCUT2D eigenvalue weighted by Crippen LogP contribution is -1.95. The van der Waals surface area contributed by atoms with Crippen LogP contribution in [0.2, 0.25) is 0 Å². The Hall–Kier alpha value is -5.67. The fourth-order valence-electron chi connectivity index (χ4n) is 6.70. The van der Waals surface area contributed by atoms with Gasteiger partial charge in [0.25, 0.3) is 0 Å². The maximum absolute atomic E-state index is 5.02. The van der Waals surface area contributed by atoms with Crippen LogP contribution in [-0.4, -0.2) is 14.1 Å². The van der Waals surface area contributed by atoms with Crippen LogP contribution >= 0.6 is 0 Å². The molecule has 9 aromatic rings. The summed E-state index contributed by atoms with van der Waals surface area (Å²) in [5, 5.41) is 7.34. The molecular weight excluding hydrogens is 510 g/mol. The van der Waals surface area contributed by atoms with Crippen LogP contribution in [0.15, 0.2) is 152 Å². The van der Waals surface area contributed by atoms with Gasteiger partial charge in [0.15, 0.2) is 0 Å². The zero-order chi connectivity index (χ0) is 27.6. The van der Waals surface area contributed by atoms with Gasteiger partial charge >= 0.3 is 0 Å². The Morgan fingerprint density at radius 1 is 0.405 bits per heavy atom. The summed E-state index contributed by atoms with van der Waals surface area (Å²) in [5.74, 6) is 0. The van der Waals surface area contributed by atoms with E-state index in [1.807, 2.05) is 6.20 Å². The van der Waals surface area contributed by atoms with E-state index in [1.54, 1.807) is 0 Å². The van der Waals surface area contributed by atoms with Crippen molar-refractivity contribution in [2.24, 2.45) is 0 Å². The Kier molecular flexibility index (Phi) is 4.90. The first-order chi connectivity index (χ1) is 20.8. The number of aromatic nitrogens is 3. The Morgan fingerprint density at radius 2 is 1.07 bits per heavy atom. The Bertz CT molecular complexity index is 2460. The zero-order valence-electron chi connectivity index (χ0n) is 22.8. The van der Waals surface area contributed by atoms with Crippen LogP contribution in [0.25, 0.3) is 77.0 Å². The summed E-state index contributed by atoms with van der Waals surface area (Å²) in [6.45, 7) is 0. The molecule has 0 bridgehead atoms. The molecule has 3 nitrogen and oxygen atoms in total. The van der Waals surface area contributed by atoms with E-state index in [0.717, 1.165) is 28.1 Å². The summed E-state index contributed by atoms with van der Waals surface area (Å²) < 4.78 is 4.74. The van der Waals surface area contributed by atoms with Crippen LogP contribution in [0.3, 0.4) is 0 Å². The number of hydrogen-bond acceptors (Lipinski definition) is 1. The third-order valence-corrected chi connectivity index (χ3v) is 8.54. The minimum Gasteiger partial charge on any atom is -0.309 e. The molecule has 0 spiro atoms. The lowest BCUT2D eigenvalue weighted by atomic mass is 10.0. The van der Waals surface area contributed by atoms with Crippen molar-refractivity contribution in [1.29, 1.82) is 0 Å². The second kappa shape index (κ2) is 8.92. The van der Waals surface area contributed by atoms with Crippen LogP contribution in [0.5, 0.6) is 0 Å². The SMILES string of the molecule is c1ccc(-n2c3ccccc3c3c(-c4ccc5c6ccccc6n(-c6ccc7ccccc7c6)c5c4)nccc32)cc1. The lowest BCUT2D eigenvalue weighted by Gasteiger charge is -2.11. The van der Waals surface area contributed by atoms with Crippen molar-refractivity contribution in [3.63, 3.8) is 0 Å². The van der Waals surface area contributed by atoms with Gasteiger partial charge in [-0.15, -0.1) is 0 Å². The molecule has 42 heavy (non-hydrogen) atoms. The van der Waals surface area contributed by atoms with E-state index < -0.39 is 0 Å². The van der Waals surface area contributed by atoms with E-state index in [2.05, 4.69) is 155 Å². The standard InChI is InChI=1S/C39H25N3/c1-2-12-29(13-3-1)41-35-17-9-7-15-33(35)38-36(41)22-23-40-39(38)28-19-21-32-31-14-6-8-16-34(31)42(37(32)25-28)30-20-18-26-10-4-5-11-27(26)24-30/h1-25H. The second-order valence-corrected chi connectivity index (χ2v) is 10.9. The predicted molar refractivity (Wildman–Crippen MR) is 176 cm³/mol. The Balaban J connectivity index is 1.35. The summed E-state index contributed by atoms with van der Waals surface area (Å²) in [7, 11) is 0. The van der Waals surface area contributed by atoms with Gasteiger partial charge in [-0.1, -0.05) is 97.1 Å². The van der Waals surface area contributed by atoms with Gasteiger partial charge in [-0.25, -0.2) is 0 Å². The molecule has 9 rings (SSSR count). The van der Waals surface area contributed by atoms with Crippen molar-refractivity contribution in [3.8, 4) is 22.6 Å². The van der Waals surface area contributed by atoms with Gasteiger partial charge in [0.2, 0.25) is 0 Å². The zero-order valence-corrected chi connectivity index (χ0v) is 22.8. The Labute approximate surface area is 242 Å². The minimum absolute atomic E-state index is 0.996. The average molecular weight is 536 g/mol. The normalized spacial score (nSPS) is 11.8. The molecule has 0 aliphatic heterocycles. The average Bonchev–Trinajstić information content (AvgIpc) is 3.57. The molecule has 6 aromatic carbocycles. The van der Waals surface area contributed by atoms with E-state index in [-0.39, 0.29) is 0 Å². The Morgan fingerprint density at radius 3 is 1.93 bits per heavy atom. The molecule has 0 saturated carbocycles. The van der Waals surface area contributed by atoms with Gasteiger partial charge in [0.1, 0.15) is 0 Å². The number of benzene rings is 6. The largest absolute Gasteiger partial charge is 0.309 e. The summed E-state index contributed by atoms with van der Waals surface area (Å²) in [4.78, 5) is 5.02. The highest BCUT2D eigenvalue weighted by molar-refractivity contribution is 6.16.